The molecule has 7 nitrogen and oxygen atoms in total. The molecule has 0 spiro atoms. The lowest BCUT2D eigenvalue weighted by atomic mass is 10.1. The van der Waals surface area contributed by atoms with E-state index in [1.54, 1.807) is 26.4 Å². The van der Waals surface area contributed by atoms with Gasteiger partial charge in [-0.05, 0) is 31.0 Å². The summed E-state index contributed by atoms with van der Waals surface area (Å²) in [7, 11) is 3.10. The molecule has 7 heteroatoms. The van der Waals surface area contributed by atoms with Gasteiger partial charge < -0.3 is 14.6 Å². The van der Waals surface area contributed by atoms with Gasteiger partial charge in [0.25, 0.3) is 5.56 Å². The fourth-order valence-corrected chi connectivity index (χ4v) is 2.14. The van der Waals surface area contributed by atoms with Gasteiger partial charge in [0.2, 0.25) is 5.88 Å². The van der Waals surface area contributed by atoms with E-state index in [0.29, 0.717) is 17.9 Å². The number of hydrogen-bond donors (Lipinski definition) is 2. The van der Waals surface area contributed by atoms with E-state index in [2.05, 4.69) is 4.98 Å². The van der Waals surface area contributed by atoms with E-state index in [0.717, 1.165) is 10.1 Å². The highest BCUT2D eigenvalue weighted by molar-refractivity contribution is 5.42. The van der Waals surface area contributed by atoms with Gasteiger partial charge in [-0.15, -0.1) is 0 Å². The quantitative estimate of drug-likeness (QED) is 0.852. The van der Waals surface area contributed by atoms with Crippen LogP contribution in [0.25, 0.3) is 0 Å². The van der Waals surface area contributed by atoms with Crippen LogP contribution in [0.4, 0.5) is 0 Å². The monoisotopic (exact) mass is 306 g/mol. The highest BCUT2D eigenvalue weighted by Gasteiger charge is 2.11. The molecule has 1 aromatic heterocycles. The maximum atomic E-state index is 11.8. The molecule has 1 heterocycles. The second-order valence-electron chi connectivity index (χ2n) is 4.80. The first kappa shape index (κ1) is 15.7. The molecule has 0 atom stereocenters. The number of aromatic amines is 1. The smallest absolute Gasteiger partial charge is 0.331 e. The second kappa shape index (κ2) is 6.38. The summed E-state index contributed by atoms with van der Waals surface area (Å²) in [5, 5.41) is 9.92. The SMILES string of the molecule is COc1ccc(CCn2c(O)c(C)c(=O)[nH]c2=O)cc1OC. The number of aromatic nitrogens is 2. The average Bonchev–Trinajstić information content (AvgIpc) is 2.52. The normalized spacial score (nSPS) is 10.5. The maximum absolute atomic E-state index is 11.8. The van der Waals surface area contributed by atoms with Crippen molar-refractivity contribution in [2.24, 2.45) is 0 Å². The van der Waals surface area contributed by atoms with Crippen LogP contribution in [0.5, 0.6) is 17.4 Å². The van der Waals surface area contributed by atoms with Gasteiger partial charge in [-0.2, -0.15) is 0 Å². The summed E-state index contributed by atoms with van der Waals surface area (Å²) in [5.74, 6) is 0.898. The molecular weight excluding hydrogens is 288 g/mol. The van der Waals surface area contributed by atoms with Crippen LogP contribution in [-0.2, 0) is 13.0 Å². The topological polar surface area (TPSA) is 93.5 Å². The summed E-state index contributed by atoms with van der Waals surface area (Å²) in [6, 6.07) is 5.43. The summed E-state index contributed by atoms with van der Waals surface area (Å²) < 4.78 is 11.5. The van der Waals surface area contributed by atoms with Gasteiger partial charge in [0.1, 0.15) is 0 Å². The van der Waals surface area contributed by atoms with Crippen molar-refractivity contribution in [3.8, 4) is 17.4 Å². The van der Waals surface area contributed by atoms with Crippen molar-refractivity contribution in [2.75, 3.05) is 14.2 Å². The van der Waals surface area contributed by atoms with E-state index in [-0.39, 0.29) is 18.0 Å². The lowest BCUT2D eigenvalue weighted by Gasteiger charge is -2.11. The minimum atomic E-state index is -0.631. The number of nitrogens with one attached hydrogen (secondary N) is 1. The van der Waals surface area contributed by atoms with Crippen molar-refractivity contribution in [2.45, 2.75) is 19.9 Å². The van der Waals surface area contributed by atoms with Crippen LogP contribution in [-0.4, -0.2) is 28.9 Å². The number of benzene rings is 1. The fourth-order valence-electron chi connectivity index (χ4n) is 2.14. The van der Waals surface area contributed by atoms with Crippen molar-refractivity contribution in [3.05, 3.63) is 50.2 Å². The van der Waals surface area contributed by atoms with Crippen molar-refractivity contribution >= 4 is 0 Å². The highest BCUT2D eigenvalue weighted by atomic mass is 16.5. The molecule has 0 bridgehead atoms. The summed E-state index contributed by atoms with van der Waals surface area (Å²) >= 11 is 0. The van der Waals surface area contributed by atoms with Crippen LogP contribution in [0.1, 0.15) is 11.1 Å². The second-order valence-corrected chi connectivity index (χ2v) is 4.80. The van der Waals surface area contributed by atoms with E-state index < -0.39 is 11.2 Å². The van der Waals surface area contributed by atoms with E-state index in [4.69, 9.17) is 9.47 Å². The zero-order valence-corrected chi connectivity index (χ0v) is 12.7. The molecule has 22 heavy (non-hydrogen) atoms. The van der Waals surface area contributed by atoms with Crippen LogP contribution in [0.15, 0.2) is 27.8 Å². The lowest BCUT2D eigenvalue weighted by Crippen LogP contribution is -2.31. The Balaban J connectivity index is 2.26. The number of H-pyrrole nitrogens is 1. The molecule has 2 rings (SSSR count). The van der Waals surface area contributed by atoms with Gasteiger partial charge in [-0.3, -0.25) is 14.3 Å². The van der Waals surface area contributed by atoms with E-state index in [1.807, 2.05) is 6.07 Å². The zero-order chi connectivity index (χ0) is 16.3. The summed E-state index contributed by atoms with van der Waals surface area (Å²) in [6.45, 7) is 1.69. The molecule has 2 N–H and O–H groups in total. The van der Waals surface area contributed by atoms with Crippen molar-refractivity contribution in [1.82, 2.24) is 9.55 Å². The number of aromatic hydroxyl groups is 1. The van der Waals surface area contributed by atoms with Crippen molar-refractivity contribution < 1.29 is 14.6 Å². The third-order valence-electron chi connectivity index (χ3n) is 3.47. The molecule has 118 valence electrons. The highest BCUT2D eigenvalue weighted by Crippen LogP contribution is 2.27. The summed E-state index contributed by atoms with van der Waals surface area (Å²) in [4.78, 5) is 25.3. The number of nitrogens with zero attached hydrogens (tertiary/aromatic N) is 1. The van der Waals surface area contributed by atoms with Crippen molar-refractivity contribution in [1.29, 1.82) is 0 Å². The molecule has 0 saturated heterocycles. The number of rotatable bonds is 5. The van der Waals surface area contributed by atoms with Gasteiger partial charge >= 0.3 is 5.69 Å². The molecule has 0 aliphatic heterocycles. The van der Waals surface area contributed by atoms with Gasteiger partial charge in [0, 0.05) is 6.54 Å². The van der Waals surface area contributed by atoms with E-state index in [1.165, 1.54) is 6.92 Å². The number of ether oxygens (including phenoxy) is 2. The Bertz CT molecular complexity index is 791. The molecular formula is C15H18N2O5. The maximum Gasteiger partial charge on any atom is 0.331 e. The fraction of sp³-hybridized carbons (Fsp3) is 0.333. The lowest BCUT2D eigenvalue weighted by molar-refractivity contribution is 0.354. The molecule has 0 aliphatic rings. The Morgan fingerprint density at radius 2 is 1.86 bits per heavy atom. The van der Waals surface area contributed by atoms with Crippen LogP contribution in [0.3, 0.4) is 0 Å². The summed E-state index contributed by atoms with van der Waals surface area (Å²) in [6.07, 6.45) is 0.485. The number of aryl methyl sites for hydroxylation is 1. The van der Waals surface area contributed by atoms with Gasteiger partial charge in [0.15, 0.2) is 11.5 Å². The average molecular weight is 306 g/mol. The molecule has 0 amide bonds. The van der Waals surface area contributed by atoms with Crippen LogP contribution in [0.2, 0.25) is 0 Å². The third kappa shape index (κ3) is 2.98. The third-order valence-corrected chi connectivity index (χ3v) is 3.47. The molecule has 2 aromatic rings. The first-order valence-corrected chi connectivity index (χ1v) is 6.71. The van der Waals surface area contributed by atoms with Gasteiger partial charge in [0.05, 0.1) is 19.8 Å². The van der Waals surface area contributed by atoms with Gasteiger partial charge in [-0.25, -0.2) is 4.79 Å². The molecule has 1 aromatic carbocycles. The predicted molar refractivity (Wildman–Crippen MR) is 81.0 cm³/mol. The molecule has 0 fully saturated rings. The predicted octanol–water partition coefficient (Wildman–Crippen LogP) is 0.811. The van der Waals surface area contributed by atoms with Crippen LogP contribution >= 0.6 is 0 Å². The first-order valence-electron chi connectivity index (χ1n) is 6.71. The van der Waals surface area contributed by atoms with E-state index >= 15 is 0 Å². The minimum Gasteiger partial charge on any atom is -0.494 e. The molecule has 0 radical (unpaired) electrons. The Labute approximate surface area is 126 Å². The van der Waals surface area contributed by atoms with Gasteiger partial charge in [-0.1, -0.05) is 6.07 Å². The Morgan fingerprint density at radius 1 is 1.18 bits per heavy atom. The molecule has 0 aliphatic carbocycles. The number of methoxy groups -OCH3 is 2. The first-order chi connectivity index (χ1) is 10.5. The zero-order valence-electron chi connectivity index (χ0n) is 12.7. The standard InChI is InChI=1S/C15H18N2O5/c1-9-13(18)16-15(20)17(14(9)19)7-6-10-4-5-11(21-2)12(8-10)22-3/h4-5,8,19H,6-7H2,1-3H3,(H,16,18,20). The Morgan fingerprint density at radius 3 is 2.50 bits per heavy atom. The summed E-state index contributed by atoms with van der Waals surface area (Å²) in [5.41, 5.74) is -0.182. The minimum absolute atomic E-state index is 0.118. The van der Waals surface area contributed by atoms with Crippen LogP contribution < -0.4 is 20.7 Å². The van der Waals surface area contributed by atoms with E-state index in [9.17, 15) is 14.7 Å². The largest absolute Gasteiger partial charge is 0.494 e. The Hall–Kier alpha value is -2.70. The van der Waals surface area contributed by atoms with Crippen LogP contribution in [0, 0.1) is 6.92 Å². The number of hydrogen-bond acceptors (Lipinski definition) is 5. The molecule has 0 unspecified atom stereocenters. The Kier molecular flexibility index (Phi) is 4.55. The molecule has 0 saturated carbocycles. The van der Waals surface area contributed by atoms with Crippen molar-refractivity contribution in [3.63, 3.8) is 0 Å².